The van der Waals surface area contributed by atoms with Gasteiger partial charge in [-0.1, -0.05) is 19.3 Å². The van der Waals surface area contributed by atoms with Gasteiger partial charge in [-0.05, 0) is 37.5 Å². The average molecular weight is 262 g/mol. The molecule has 0 atom stereocenters. The monoisotopic (exact) mass is 262 g/mol. The lowest BCUT2D eigenvalue weighted by molar-refractivity contribution is 0.0526. The predicted octanol–water partition coefficient (Wildman–Crippen LogP) is 3.05. The van der Waals surface area contributed by atoms with Gasteiger partial charge in [-0.2, -0.15) is 0 Å². The Kier molecular flexibility index (Phi) is 4.66. The molecule has 0 saturated heterocycles. The van der Waals surface area contributed by atoms with Crippen molar-refractivity contribution in [2.45, 2.75) is 32.6 Å². The fourth-order valence-electron chi connectivity index (χ4n) is 2.26. The Hall–Kier alpha value is -1.71. The van der Waals surface area contributed by atoms with Crippen molar-refractivity contribution in [3.05, 3.63) is 23.8 Å². The molecule has 1 saturated carbocycles. The van der Waals surface area contributed by atoms with Crippen molar-refractivity contribution in [2.24, 2.45) is 5.92 Å². The summed E-state index contributed by atoms with van der Waals surface area (Å²) in [5.41, 5.74) is 7.94. The summed E-state index contributed by atoms with van der Waals surface area (Å²) in [5, 5.41) is 3.33. The number of nitrogens with one attached hydrogen (secondary N) is 1. The first-order chi connectivity index (χ1) is 9.20. The van der Waals surface area contributed by atoms with Gasteiger partial charge in [0, 0.05) is 6.54 Å². The van der Waals surface area contributed by atoms with E-state index in [1.54, 1.807) is 19.1 Å². The highest BCUT2D eigenvalue weighted by Crippen LogP contribution is 2.29. The molecule has 0 spiro atoms. The van der Waals surface area contributed by atoms with Crippen molar-refractivity contribution in [3.63, 3.8) is 0 Å². The lowest BCUT2D eigenvalue weighted by Crippen LogP contribution is -2.16. The van der Waals surface area contributed by atoms with Crippen LogP contribution in [0.15, 0.2) is 18.2 Å². The molecule has 4 heteroatoms. The Balaban J connectivity index is 1.88. The standard InChI is InChI=1S/C15H22N2O2/c1-2-19-15(18)12-6-7-14(13(16)10-12)17-9-8-11-4-3-5-11/h6-7,10-11,17H,2-5,8-9,16H2,1H3. The van der Waals surface area contributed by atoms with Gasteiger partial charge in [0.2, 0.25) is 0 Å². The molecule has 1 aromatic carbocycles. The number of esters is 1. The average Bonchev–Trinajstić information content (AvgIpc) is 2.34. The van der Waals surface area contributed by atoms with E-state index in [9.17, 15) is 4.79 Å². The largest absolute Gasteiger partial charge is 0.462 e. The number of nitrogens with two attached hydrogens (primary N) is 1. The van der Waals surface area contributed by atoms with Crippen molar-refractivity contribution in [1.29, 1.82) is 0 Å². The summed E-state index contributed by atoms with van der Waals surface area (Å²) in [5.74, 6) is 0.558. The molecule has 0 heterocycles. The quantitative estimate of drug-likeness (QED) is 0.611. The smallest absolute Gasteiger partial charge is 0.338 e. The van der Waals surface area contributed by atoms with Crippen molar-refractivity contribution in [1.82, 2.24) is 0 Å². The number of carbonyl (C=O) groups excluding carboxylic acids is 1. The molecule has 1 aliphatic rings. The Morgan fingerprint density at radius 2 is 2.26 bits per heavy atom. The van der Waals surface area contributed by atoms with E-state index >= 15 is 0 Å². The first-order valence-corrected chi connectivity index (χ1v) is 7.01. The van der Waals surface area contributed by atoms with E-state index in [4.69, 9.17) is 10.5 Å². The number of nitrogen functional groups attached to an aromatic ring is 1. The molecule has 0 aromatic heterocycles. The maximum absolute atomic E-state index is 11.6. The van der Waals surface area contributed by atoms with Gasteiger partial charge in [0.25, 0.3) is 0 Å². The summed E-state index contributed by atoms with van der Waals surface area (Å²) in [6, 6.07) is 5.27. The minimum atomic E-state index is -0.324. The van der Waals surface area contributed by atoms with Crippen LogP contribution in [0.5, 0.6) is 0 Å². The van der Waals surface area contributed by atoms with E-state index in [2.05, 4.69) is 5.32 Å². The molecule has 0 aliphatic heterocycles. The molecule has 0 unspecified atom stereocenters. The number of carbonyl (C=O) groups is 1. The van der Waals surface area contributed by atoms with E-state index in [0.29, 0.717) is 17.9 Å². The second kappa shape index (κ2) is 6.45. The number of anilines is 2. The van der Waals surface area contributed by atoms with Crippen LogP contribution in [0.1, 0.15) is 43.0 Å². The summed E-state index contributed by atoms with van der Waals surface area (Å²) in [7, 11) is 0. The van der Waals surface area contributed by atoms with Crippen LogP contribution < -0.4 is 11.1 Å². The molecule has 4 nitrogen and oxygen atoms in total. The highest BCUT2D eigenvalue weighted by atomic mass is 16.5. The molecule has 1 aliphatic carbocycles. The molecule has 2 rings (SSSR count). The van der Waals surface area contributed by atoms with E-state index < -0.39 is 0 Å². The first-order valence-electron chi connectivity index (χ1n) is 7.01. The van der Waals surface area contributed by atoms with Gasteiger partial charge < -0.3 is 15.8 Å². The minimum absolute atomic E-state index is 0.324. The van der Waals surface area contributed by atoms with Gasteiger partial charge in [0.1, 0.15) is 0 Å². The zero-order chi connectivity index (χ0) is 13.7. The molecule has 1 fully saturated rings. The highest BCUT2D eigenvalue weighted by molar-refractivity contribution is 5.91. The molecule has 3 N–H and O–H groups in total. The van der Waals surface area contributed by atoms with Gasteiger partial charge in [0.05, 0.1) is 23.5 Å². The van der Waals surface area contributed by atoms with Crippen molar-refractivity contribution >= 4 is 17.3 Å². The van der Waals surface area contributed by atoms with Gasteiger partial charge in [-0.25, -0.2) is 4.79 Å². The van der Waals surface area contributed by atoms with Crippen LogP contribution in [0.25, 0.3) is 0 Å². The lowest BCUT2D eigenvalue weighted by Gasteiger charge is -2.25. The van der Waals surface area contributed by atoms with Crippen molar-refractivity contribution in [3.8, 4) is 0 Å². The second-order valence-electron chi connectivity index (χ2n) is 5.03. The molecule has 0 amide bonds. The molecule has 1 aromatic rings. The first kappa shape index (κ1) is 13.7. The Morgan fingerprint density at radius 3 is 2.84 bits per heavy atom. The number of ether oxygens (including phenoxy) is 1. The maximum atomic E-state index is 11.6. The summed E-state index contributed by atoms with van der Waals surface area (Å²) in [4.78, 5) is 11.6. The Bertz CT molecular complexity index is 442. The van der Waals surface area contributed by atoms with Crippen LogP contribution >= 0.6 is 0 Å². The predicted molar refractivity (Wildman–Crippen MR) is 77.3 cm³/mol. The summed E-state index contributed by atoms with van der Waals surface area (Å²) in [6.07, 6.45) is 5.29. The molecular weight excluding hydrogens is 240 g/mol. The molecule has 0 bridgehead atoms. The molecule has 19 heavy (non-hydrogen) atoms. The third-order valence-electron chi connectivity index (χ3n) is 3.66. The summed E-state index contributed by atoms with van der Waals surface area (Å²) in [6.45, 7) is 3.10. The van der Waals surface area contributed by atoms with Crippen molar-refractivity contribution in [2.75, 3.05) is 24.2 Å². The number of rotatable bonds is 6. The summed E-state index contributed by atoms with van der Waals surface area (Å²) < 4.78 is 4.94. The van der Waals surface area contributed by atoms with Crippen LogP contribution in [-0.4, -0.2) is 19.1 Å². The van der Waals surface area contributed by atoms with Gasteiger partial charge in [-0.3, -0.25) is 0 Å². The van der Waals surface area contributed by atoms with E-state index in [1.165, 1.54) is 25.7 Å². The number of hydrogen-bond donors (Lipinski definition) is 2. The van der Waals surface area contributed by atoms with Gasteiger partial charge in [0.15, 0.2) is 0 Å². The van der Waals surface area contributed by atoms with Crippen LogP contribution in [0, 0.1) is 5.92 Å². The zero-order valence-electron chi connectivity index (χ0n) is 11.4. The molecular formula is C15H22N2O2. The third kappa shape index (κ3) is 3.63. The minimum Gasteiger partial charge on any atom is -0.462 e. The SMILES string of the molecule is CCOC(=O)c1ccc(NCCC2CCC2)c(N)c1. The normalized spacial score (nSPS) is 14.8. The van der Waals surface area contributed by atoms with Crippen LogP contribution in [0.3, 0.4) is 0 Å². The zero-order valence-corrected chi connectivity index (χ0v) is 11.4. The Labute approximate surface area is 114 Å². The van der Waals surface area contributed by atoms with E-state index in [1.807, 2.05) is 6.07 Å². The molecule has 0 radical (unpaired) electrons. The number of benzene rings is 1. The number of hydrogen-bond acceptors (Lipinski definition) is 4. The fraction of sp³-hybridized carbons (Fsp3) is 0.533. The van der Waals surface area contributed by atoms with E-state index in [0.717, 1.165) is 18.2 Å². The molecule has 104 valence electrons. The van der Waals surface area contributed by atoms with E-state index in [-0.39, 0.29) is 5.97 Å². The highest BCUT2D eigenvalue weighted by Gasteiger charge is 2.16. The fourth-order valence-corrected chi connectivity index (χ4v) is 2.26. The lowest BCUT2D eigenvalue weighted by atomic mass is 9.83. The van der Waals surface area contributed by atoms with Crippen LogP contribution in [0.2, 0.25) is 0 Å². The van der Waals surface area contributed by atoms with Gasteiger partial charge in [-0.15, -0.1) is 0 Å². The van der Waals surface area contributed by atoms with Crippen LogP contribution in [0.4, 0.5) is 11.4 Å². The Morgan fingerprint density at radius 1 is 1.47 bits per heavy atom. The summed E-state index contributed by atoms with van der Waals surface area (Å²) >= 11 is 0. The maximum Gasteiger partial charge on any atom is 0.338 e. The van der Waals surface area contributed by atoms with Gasteiger partial charge >= 0.3 is 5.97 Å². The third-order valence-corrected chi connectivity index (χ3v) is 3.66. The van der Waals surface area contributed by atoms with Crippen molar-refractivity contribution < 1.29 is 9.53 Å². The van der Waals surface area contributed by atoms with Crippen LogP contribution in [-0.2, 0) is 4.74 Å². The topological polar surface area (TPSA) is 64.3 Å². The second-order valence-corrected chi connectivity index (χ2v) is 5.03.